The molecule has 6 heterocycles. The van der Waals surface area contributed by atoms with Crippen LogP contribution >= 0.6 is 0 Å². The molecule has 0 unspecified atom stereocenters. The average molecular weight is 648 g/mol. The van der Waals surface area contributed by atoms with E-state index in [4.69, 9.17) is 29.9 Å². The molecule has 0 atom stereocenters. The zero-order valence-electron chi connectivity index (χ0n) is 26.3. The van der Waals surface area contributed by atoms with Crippen molar-refractivity contribution in [1.29, 1.82) is 0 Å². The van der Waals surface area contributed by atoms with E-state index in [1.165, 1.54) is 0 Å². The molecule has 8 bridgehead atoms. The van der Waals surface area contributed by atoms with E-state index in [2.05, 4.69) is 15.3 Å². The molecule has 11 rings (SSSR count). The molecule has 0 spiro atoms. The van der Waals surface area contributed by atoms with Gasteiger partial charge in [-0.1, -0.05) is 115 Å². The molecule has 50 heavy (non-hydrogen) atoms. The van der Waals surface area contributed by atoms with Gasteiger partial charge in [0.25, 0.3) is 5.91 Å². The molecule has 236 valence electrons. The van der Waals surface area contributed by atoms with Crippen LogP contribution in [0, 0.1) is 0 Å². The summed E-state index contributed by atoms with van der Waals surface area (Å²) in [6.45, 7) is 0.689. The van der Waals surface area contributed by atoms with Crippen LogP contribution in [0.3, 0.4) is 0 Å². The predicted molar refractivity (Wildman–Crippen MR) is 194 cm³/mol. The van der Waals surface area contributed by atoms with Crippen LogP contribution in [-0.4, -0.2) is 45.8 Å². The second-order valence-corrected chi connectivity index (χ2v) is 12.1. The van der Waals surface area contributed by atoms with Gasteiger partial charge in [0.05, 0.1) is 0 Å². The minimum absolute atomic E-state index is 0.0515. The third-order valence-electron chi connectivity index (χ3n) is 9.16. The molecular formula is C40H25N9O. The van der Waals surface area contributed by atoms with Gasteiger partial charge < -0.3 is 15.3 Å². The third kappa shape index (κ3) is 4.46. The van der Waals surface area contributed by atoms with Crippen LogP contribution in [0.4, 0.5) is 0 Å². The standard InChI is InChI=1S/C32H18N8.C8H7NO/c1-2-10-18-17(9-1)25-33-26(18)38-28-21-13-5-6-14-22(21)30(35-28)40-32-24-16-8-7-15-23(24)31(36-32)39-29-20-12-4-3-11-19(20)27(34-29)37-25;10-8-7-4-2-1-3-6(7)5-9-8/h1-16H,(H2,33,34,35,36,37,38,39,40);1-4H,5H2,(H,9,10). The van der Waals surface area contributed by atoms with E-state index in [9.17, 15) is 4.79 Å². The molecule has 3 N–H and O–H groups in total. The number of aromatic nitrogens is 8. The number of hydrogen-bond donors (Lipinski definition) is 3. The number of H-pyrrole nitrogens is 2. The molecule has 3 aromatic heterocycles. The van der Waals surface area contributed by atoms with E-state index in [1.807, 2.05) is 121 Å². The van der Waals surface area contributed by atoms with E-state index in [0.717, 1.165) is 54.9 Å². The summed E-state index contributed by atoms with van der Waals surface area (Å²) in [6.07, 6.45) is 0. The van der Waals surface area contributed by atoms with E-state index >= 15 is 0 Å². The third-order valence-corrected chi connectivity index (χ3v) is 9.16. The Morgan fingerprint density at radius 2 is 0.700 bits per heavy atom. The molecule has 3 aliphatic rings. The molecule has 10 heteroatoms. The Labute approximate surface area is 284 Å². The number of hydrogen-bond acceptors (Lipinski definition) is 7. The monoisotopic (exact) mass is 647 g/mol. The van der Waals surface area contributed by atoms with Crippen LogP contribution in [-0.2, 0) is 6.54 Å². The minimum atomic E-state index is 0.0515. The Kier molecular flexibility index (Phi) is 6.15. The van der Waals surface area contributed by atoms with Gasteiger partial charge in [0.2, 0.25) is 0 Å². The fourth-order valence-corrected chi connectivity index (χ4v) is 6.76. The highest BCUT2D eigenvalue weighted by Crippen LogP contribution is 2.36. The van der Waals surface area contributed by atoms with Crippen LogP contribution in [0.15, 0.2) is 121 Å². The van der Waals surface area contributed by atoms with Crippen molar-refractivity contribution in [3.8, 4) is 45.6 Å². The lowest BCUT2D eigenvalue weighted by atomic mass is 10.1. The molecule has 10 nitrogen and oxygen atoms in total. The highest BCUT2D eigenvalue weighted by atomic mass is 16.1. The van der Waals surface area contributed by atoms with Gasteiger partial charge in [-0.3, -0.25) is 4.79 Å². The Bertz CT molecular complexity index is 2550. The van der Waals surface area contributed by atoms with E-state index in [-0.39, 0.29) is 5.91 Å². The molecule has 5 aromatic carbocycles. The number of aromatic amines is 2. The zero-order valence-corrected chi connectivity index (χ0v) is 26.3. The molecule has 0 aliphatic carbocycles. The number of fused-ring (bicyclic) bond motifs is 21. The first-order valence-electron chi connectivity index (χ1n) is 16.2. The normalized spacial score (nSPS) is 12.5. The van der Waals surface area contributed by atoms with Gasteiger partial charge in [-0.05, 0) is 11.6 Å². The number of carbonyl (C=O) groups excluding carboxylic acids is 1. The van der Waals surface area contributed by atoms with E-state index < -0.39 is 0 Å². The molecule has 0 radical (unpaired) electrons. The van der Waals surface area contributed by atoms with Gasteiger partial charge in [-0.25, -0.2) is 29.9 Å². The summed E-state index contributed by atoms with van der Waals surface area (Å²) in [5, 5.41) is 6.57. The van der Waals surface area contributed by atoms with Crippen molar-refractivity contribution in [3.63, 3.8) is 0 Å². The Morgan fingerprint density at radius 1 is 0.380 bits per heavy atom. The number of carbonyl (C=O) groups is 1. The summed E-state index contributed by atoms with van der Waals surface area (Å²) in [6, 6.07) is 39.9. The van der Waals surface area contributed by atoms with Crippen molar-refractivity contribution >= 4 is 50.0 Å². The van der Waals surface area contributed by atoms with Crippen molar-refractivity contribution in [2.75, 3.05) is 0 Å². The van der Waals surface area contributed by atoms with Gasteiger partial charge >= 0.3 is 0 Å². The van der Waals surface area contributed by atoms with Gasteiger partial charge in [-0.2, -0.15) is 0 Å². The van der Waals surface area contributed by atoms with Crippen molar-refractivity contribution in [2.45, 2.75) is 6.54 Å². The van der Waals surface area contributed by atoms with Crippen molar-refractivity contribution in [1.82, 2.24) is 45.2 Å². The summed E-state index contributed by atoms with van der Waals surface area (Å²) in [4.78, 5) is 47.7. The van der Waals surface area contributed by atoms with Gasteiger partial charge in [0.15, 0.2) is 23.3 Å². The average Bonchev–Trinajstić information content (AvgIpc) is 3.97. The second-order valence-electron chi connectivity index (χ2n) is 12.1. The molecule has 8 aromatic rings. The van der Waals surface area contributed by atoms with Crippen molar-refractivity contribution < 1.29 is 4.79 Å². The molecule has 0 saturated carbocycles. The summed E-state index contributed by atoms with van der Waals surface area (Å²) in [5.41, 5.74) is 8.37. The first kappa shape index (κ1) is 28.0. The molecule has 1 amide bonds. The number of nitrogens with one attached hydrogen (secondary N) is 3. The SMILES string of the molecule is O=C1NCc2ccccc21.c1ccc2c(c1)-c1nc-2nc2[nH]c(nc3nc(nc4[nH]c(n1)c1ccccc41)-c1ccccc1-3)c1ccccc21. The number of benzene rings is 5. The maximum Gasteiger partial charge on any atom is 0.251 e. The fourth-order valence-electron chi connectivity index (χ4n) is 6.76. The number of rotatable bonds is 0. The maximum absolute atomic E-state index is 11.0. The first-order valence-corrected chi connectivity index (χ1v) is 16.2. The van der Waals surface area contributed by atoms with Crippen LogP contribution < -0.4 is 5.32 Å². The summed E-state index contributed by atoms with van der Waals surface area (Å²) in [5.74, 6) is 2.44. The van der Waals surface area contributed by atoms with E-state index in [0.29, 0.717) is 52.4 Å². The van der Waals surface area contributed by atoms with Crippen LogP contribution in [0.25, 0.3) is 89.7 Å². The van der Waals surface area contributed by atoms with Gasteiger partial charge in [-0.15, -0.1) is 0 Å². The fraction of sp³-hybridized carbons (Fsp3) is 0.0250. The smallest absolute Gasteiger partial charge is 0.251 e. The molecule has 0 fully saturated rings. The zero-order chi connectivity index (χ0) is 33.2. The second kappa shape index (κ2) is 11.0. The van der Waals surface area contributed by atoms with E-state index in [1.54, 1.807) is 0 Å². The predicted octanol–water partition coefficient (Wildman–Crippen LogP) is 7.80. The highest BCUT2D eigenvalue weighted by molar-refractivity contribution is 6.06. The van der Waals surface area contributed by atoms with Crippen LogP contribution in [0.2, 0.25) is 0 Å². The van der Waals surface area contributed by atoms with Crippen LogP contribution in [0.5, 0.6) is 0 Å². The van der Waals surface area contributed by atoms with Crippen LogP contribution in [0.1, 0.15) is 15.9 Å². The Balaban J connectivity index is 0.000000272. The lowest BCUT2D eigenvalue weighted by Crippen LogP contribution is -2.12. The molecular weight excluding hydrogens is 623 g/mol. The van der Waals surface area contributed by atoms with Gasteiger partial charge in [0, 0.05) is 55.9 Å². The first-order chi connectivity index (χ1) is 24.7. The largest absolute Gasteiger partial charge is 0.348 e. The Morgan fingerprint density at radius 3 is 1.06 bits per heavy atom. The summed E-state index contributed by atoms with van der Waals surface area (Å²) in [7, 11) is 0. The van der Waals surface area contributed by atoms with Crippen molar-refractivity contribution in [2.24, 2.45) is 0 Å². The highest BCUT2D eigenvalue weighted by Gasteiger charge is 2.22. The summed E-state index contributed by atoms with van der Waals surface area (Å²) < 4.78 is 0. The minimum Gasteiger partial charge on any atom is -0.348 e. The molecule has 3 aliphatic heterocycles. The topological polar surface area (TPSA) is 138 Å². The number of nitrogens with zero attached hydrogens (tertiary/aromatic N) is 6. The lowest BCUT2D eigenvalue weighted by Gasteiger charge is -1.96. The maximum atomic E-state index is 11.0. The summed E-state index contributed by atoms with van der Waals surface area (Å²) >= 11 is 0. The quantitative estimate of drug-likeness (QED) is 0.153. The lowest BCUT2D eigenvalue weighted by molar-refractivity contribution is 0.0965. The number of amides is 1. The molecule has 0 saturated heterocycles. The Hall–Kier alpha value is -7.07. The van der Waals surface area contributed by atoms with Crippen molar-refractivity contribution in [3.05, 3.63) is 132 Å². The van der Waals surface area contributed by atoms with Gasteiger partial charge in [0.1, 0.15) is 22.6 Å².